The lowest BCUT2D eigenvalue weighted by atomic mass is 9.78. The number of phenolic OH excluding ortho intramolecular Hbond substituents is 1. The minimum Gasteiger partial charge on any atom is -0.507 e. The Kier molecular flexibility index (Phi) is 3.66. The Hall–Kier alpha value is -1.55. The van der Waals surface area contributed by atoms with Crippen LogP contribution in [0.25, 0.3) is 0 Å². The van der Waals surface area contributed by atoms with Gasteiger partial charge in [-0.1, -0.05) is 31.4 Å². The van der Waals surface area contributed by atoms with Crippen LogP contribution in [0.5, 0.6) is 5.75 Å². The number of carbonyl (C=O) groups excluding carboxylic acids is 1. The van der Waals surface area contributed by atoms with Crippen molar-refractivity contribution in [1.29, 1.82) is 0 Å². The van der Waals surface area contributed by atoms with Crippen molar-refractivity contribution in [2.75, 3.05) is 19.6 Å². The van der Waals surface area contributed by atoms with E-state index in [-0.39, 0.29) is 17.2 Å². The molecule has 0 aromatic heterocycles. The summed E-state index contributed by atoms with van der Waals surface area (Å²) < 4.78 is 0. The molecular weight excluding hydrogens is 252 g/mol. The molecule has 2 N–H and O–H groups in total. The number of amides is 1. The zero-order valence-corrected chi connectivity index (χ0v) is 11.8. The second-order valence-electron chi connectivity index (χ2n) is 5.94. The van der Waals surface area contributed by atoms with E-state index < -0.39 is 0 Å². The number of hydrogen-bond donors (Lipinski definition) is 2. The van der Waals surface area contributed by atoms with Crippen LogP contribution >= 0.6 is 0 Å². The molecule has 0 radical (unpaired) electrons. The third-order valence-electron chi connectivity index (χ3n) is 4.70. The van der Waals surface area contributed by atoms with E-state index in [9.17, 15) is 9.90 Å². The number of benzene rings is 1. The van der Waals surface area contributed by atoms with Crippen LogP contribution in [0.2, 0.25) is 0 Å². The lowest BCUT2D eigenvalue weighted by molar-refractivity contribution is 0.0220. The van der Waals surface area contributed by atoms with Crippen LogP contribution in [0.3, 0.4) is 0 Å². The summed E-state index contributed by atoms with van der Waals surface area (Å²) in [7, 11) is 0. The quantitative estimate of drug-likeness (QED) is 0.825. The highest BCUT2D eigenvalue weighted by atomic mass is 16.3. The number of aromatic hydroxyl groups is 1. The third-order valence-corrected chi connectivity index (χ3v) is 4.70. The predicted octanol–water partition coefficient (Wildman–Crippen LogP) is 2.14. The van der Waals surface area contributed by atoms with Crippen molar-refractivity contribution < 1.29 is 9.90 Å². The summed E-state index contributed by atoms with van der Waals surface area (Å²) in [6.07, 6.45) is 5.78. The number of phenols is 1. The van der Waals surface area contributed by atoms with Gasteiger partial charge in [0.25, 0.3) is 5.91 Å². The van der Waals surface area contributed by atoms with Gasteiger partial charge >= 0.3 is 0 Å². The van der Waals surface area contributed by atoms with Gasteiger partial charge in [-0.05, 0) is 25.0 Å². The molecule has 108 valence electrons. The van der Waals surface area contributed by atoms with Crippen LogP contribution in [0.1, 0.15) is 42.5 Å². The number of para-hydroxylation sites is 1. The molecule has 1 aromatic rings. The van der Waals surface area contributed by atoms with E-state index in [0.29, 0.717) is 5.56 Å². The Morgan fingerprint density at radius 3 is 2.70 bits per heavy atom. The number of rotatable bonds is 1. The lowest BCUT2D eigenvalue weighted by Gasteiger charge is -2.49. The van der Waals surface area contributed by atoms with Crippen molar-refractivity contribution in [3.63, 3.8) is 0 Å². The van der Waals surface area contributed by atoms with Crippen LogP contribution in [0, 0.1) is 0 Å². The van der Waals surface area contributed by atoms with E-state index in [4.69, 9.17) is 0 Å². The molecule has 1 saturated heterocycles. The molecule has 1 spiro atoms. The van der Waals surface area contributed by atoms with Gasteiger partial charge in [0.2, 0.25) is 0 Å². The van der Waals surface area contributed by atoms with Crippen molar-refractivity contribution in [3.8, 4) is 5.75 Å². The molecule has 2 fully saturated rings. The summed E-state index contributed by atoms with van der Waals surface area (Å²) >= 11 is 0. The van der Waals surface area contributed by atoms with Gasteiger partial charge in [0.1, 0.15) is 5.75 Å². The first kappa shape index (κ1) is 13.4. The van der Waals surface area contributed by atoms with Gasteiger partial charge in [-0.15, -0.1) is 0 Å². The van der Waals surface area contributed by atoms with E-state index in [1.807, 2.05) is 11.0 Å². The fourth-order valence-corrected chi connectivity index (χ4v) is 3.62. The molecule has 2 aliphatic rings. The van der Waals surface area contributed by atoms with Crippen molar-refractivity contribution in [1.82, 2.24) is 10.2 Å². The van der Waals surface area contributed by atoms with Crippen LogP contribution in [0.4, 0.5) is 0 Å². The maximum absolute atomic E-state index is 12.8. The van der Waals surface area contributed by atoms with Crippen molar-refractivity contribution in [2.24, 2.45) is 0 Å². The average molecular weight is 274 g/mol. The Bertz CT molecular complexity index is 487. The van der Waals surface area contributed by atoms with Gasteiger partial charge < -0.3 is 15.3 Å². The molecule has 1 aliphatic carbocycles. The van der Waals surface area contributed by atoms with E-state index in [1.54, 1.807) is 18.2 Å². The Morgan fingerprint density at radius 1 is 1.20 bits per heavy atom. The summed E-state index contributed by atoms with van der Waals surface area (Å²) in [5.74, 6) is 0.0634. The maximum Gasteiger partial charge on any atom is 0.258 e. The number of nitrogens with one attached hydrogen (secondary N) is 1. The molecule has 1 saturated carbocycles. The highest BCUT2D eigenvalue weighted by Crippen LogP contribution is 2.36. The molecule has 4 heteroatoms. The number of hydrogen-bond acceptors (Lipinski definition) is 3. The van der Waals surface area contributed by atoms with E-state index in [1.165, 1.54) is 19.3 Å². The van der Waals surface area contributed by atoms with Gasteiger partial charge in [-0.2, -0.15) is 0 Å². The fourth-order valence-electron chi connectivity index (χ4n) is 3.62. The summed E-state index contributed by atoms with van der Waals surface area (Å²) in [6, 6.07) is 6.86. The standard InChI is InChI=1S/C16H22N2O2/c19-14-7-3-2-6-13(14)15(20)18-11-10-17-12-16(18)8-4-1-5-9-16/h2-3,6-7,17,19H,1,4-5,8-12H2. The number of carbonyl (C=O) groups is 1. The van der Waals surface area contributed by atoms with Gasteiger partial charge in [-0.3, -0.25) is 4.79 Å². The largest absolute Gasteiger partial charge is 0.507 e. The summed E-state index contributed by atoms with van der Waals surface area (Å²) in [5, 5.41) is 13.4. The average Bonchev–Trinajstić information content (AvgIpc) is 2.48. The molecular formula is C16H22N2O2. The van der Waals surface area contributed by atoms with Crippen LogP contribution in [-0.4, -0.2) is 41.1 Å². The molecule has 1 heterocycles. The zero-order chi connectivity index (χ0) is 14.0. The highest BCUT2D eigenvalue weighted by molar-refractivity contribution is 5.97. The lowest BCUT2D eigenvalue weighted by Crippen LogP contribution is -2.63. The first-order valence-corrected chi connectivity index (χ1v) is 7.54. The van der Waals surface area contributed by atoms with Gasteiger partial charge in [0.05, 0.1) is 11.1 Å². The molecule has 0 unspecified atom stereocenters. The maximum atomic E-state index is 12.8. The fraction of sp³-hybridized carbons (Fsp3) is 0.562. The Balaban J connectivity index is 1.90. The molecule has 1 aromatic carbocycles. The SMILES string of the molecule is O=C(c1ccccc1O)N1CCNCC12CCCCC2. The zero-order valence-electron chi connectivity index (χ0n) is 11.8. The first-order valence-electron chi connectivity index (χ1n) is 7.54. The molecule has 1 aliphatic heterocycles. The first-order chi connectivity index (χ1) is 9.73. The molecule has 20 heavy (non-hydrogen) atoms. The summed E-state index contributed by atoms with van der Waals surface area (Å²) in [5.41, 5.74) is 0.384. The molecule has 0 atom stereocenters. The predicted molar refractivity (Wildman–Crippen MR) is 77.8 cm³/mol. The Labute approximate surface area is 119 Å². The van der Waals surface area contributed by atoms with Crippen molar-refractivity contribution in [3.05, 3.63) is 29.8 Å². The van der Waals surface area contributed by atoms with Crippen LogP contribution in [0.15, 0.2) is 24.3 Å². The minimum atomic E-state index is -0.0458. The van der Waals surface area contributed by atoms with Crippen LogP contribution in [-0.2, 0) is 0 Å². The Morgan fingerprint density at radius 2 is 1.95 bits per heavy atom. The van der Waals surface area contributed by atoms with E-state index in [2.05, 4.69) is 5.32 Å². The van der Waals surface area contributed by atoms with E-state index >= 15 is 0 Å². The number of piperazine rings is 1. The molecule has 3 rings (SSSR count). The molecule has 4 nitrogen and oxygen atoms in total. The van der Waals surface area contributed by atoms with Crippen LogP contribution < -0.4 is 5.32 Å². The molecule has 0 bridgehead atoms. The highest BCUT2D eigenvalue weighted by Gasteiger charge is 2.42. The topological polar surface area (TPSA) is 52.6 Å². The molecule has 1 amide bonds. The van der Waals surface area contributed by atoms with Crippen molar-refractivity contribution in [2.45, 2.75) is 37.6 Å². The van der Waals surface area contributed by atoms with Crippen molar-refractivity contribution >= 4 is 5.91 Å². The summed E-state index contributed by atoms with van der Waals surface area (Å²) in [6.45, 7) is 2.45. The third kappa shape index (κ3) is 2.29. The second kappa shape index (κ2) is 5.44. The summed E-state index contributed by atoms with van der Waals surface area (Å²) in [4.78, 5) is 14.8. The van der Waals surface area contributed by atoms with E-state index in [0.717, 1.165) is 32.5 Å². The number of nitrogens with zero attached hydrogens (tertiary/aromatic N) is 1. The monoisotopic (exact) mass is 274 g/mol. The van der Waals surface area contributed by atoms with Gasteiger partial charge in [0, 0.05) is 19.6 Å². The van der Waals surface area contributed by atoms with Gasteiger partial charge in [0.15, 0.2) is 0 Å². The second-order valence-corrected chi connectivity index (χ2v) is 5.94. The smallest absolute Gasteiger partial charge is 0.258 e. The normalized spacial score (nSPS) is 21.9. The van der Waals surface area contributed by atoms with Gasteiger partial charge in [-0.25, -0.2) is 0 Å². The minimum absolute atomic E-state index is 0.0218.